The van der Waals surface area contributed by atoms with Crippen molar-refractivity contribution in [1.29, 1.82) is 0 Å². The molecule has 2 fully saturated rings. The Labute approximate surface area is 146 Å². The van der Waals surface area contributed by atoms with Crippen LogP contribution in [0, 0.1) is 5.41 Å². The van der Waals surface area contributed by atoms with Crippen LogP contribution in [0.1, 0.15) is 52.9 Å². The van der Waals surface area contributed by atoms with Crippen molar-refractivity contribution in [2.75, 3.05) is 42.9 Å². The number of aromatic nitrogens is 2. The highest BCUT2D eigenvalue weighted by atomic mass is 15.3. The average Bonchev–Trinajstić information content (AvgIpc) is 2.78. The van der Waals surface area contributed by atoms with Gasteiger partial charge in [-0.2, -0.15) is 4.98 Å². The summed E-state index contributed by atoms with van der Waals surface area (Å²) in [5.41, 5.74) is 0.359. The van der Waals surface area contributed by atoms with Gasteiger partial charge in [0.25, 0.3) is 0 Å². The highest BCUT2D eigenvalue weighted by Crippen LogP contribution is 2.22. The molecule has 1 aromatic rings. The minimum Gasteiger partial charge on any atom is -0.356 e. The van der Waals surface area contributed by atoms with E-state index in [-0.39, 0.29) is 0 Å². The lowest BCUT2D eigenvalue weighted by Crippen LogP contribution is -2.33. The van der Waals surface area contributed by atoms with Crippen molar-refractivity contribution in [2.24, 2.45) is 5.41 Å². The van der Waals surface area contributed by atoms with Crippen molar-refractivity contribution in [3.05, 3.63) is 12.3 Å². The fraction of sp³-hybridized carbons (Fsp3) is 0.789. The second kappa shape index (κ2) is 7.68. The summed E-state index contributed by atoms with van der Waals surface area (Å²) in [4.78, 5) is 14.2. The summed E-state index contributed by atoms with van der Waals surface area (Å²) in [5.74, 6) is 1.87. The summed E-state index contributed by atoms with van der Waals surface area (Å²) in [5, 5.41) is 3.56. The van der Waals surface area contributed by atoms with Gasteiger partial charge < -0.3 is 15.1 Å². The van der Waals surface area contributed by atoms with E-state index in [1.807, 2.05) is 6.20 Å². The molecule has 3 rings (SSSR count). The number of hydrogen-bond acceptors (Lipinski definition) is 5. The van der Waals surface area contributed by atoms with Gasteiger partial charge in [0.05, 0.1) is 0 Å². The first kappa shape index (κ1) is 17.5. The van der Waals surface area contributed by atoms with Gasteiger partial charge in [-0.25, -0.2) is 4.98 Å². The Morgan fingerprint density at radius 3 is 2.58 bits per heavy atom. The highest BCUT2D eigenvalue weighted by Gasteiger charge is 2.26. The molecular weight excluding hydrogens is 298 g/mol. The Morgan fingerprint density at radius 2 is 1.88 bits per heavy atom. The minimum atomic E-state index is 0.359. The van der Waals surface area contributed by atoms with Gasteiger partial charge in [0.1, 0.15) is 5.82 Å². The predicted molar refractivity (Wildman–Crippen MR) is 101 cm³/mol. The number of nitrogens with zero attached hydrogens (tertiary/aromatic N) is 4. The van der Waals surface area contributed by atoms with Gasteiger partial charge in [0.2, 0.25) is 5.95 Å². The van der Waals surface area contributed by atoms with E-state index in [4.69, 9.17) is 4.98 Å². The van der Waals surface area contributed by atoms with Gasteiger partial charge in [-0.3, -0.25) is 0 Å². The Kier molecular flexibility index (Phi) is 5.59. The third-order valence-corrected chi connectivity index (χ3v) is 4.87. The van der Waals surface area contributed by atoms with E-state index in [1.165, 1.54) is 38.6 Å². The van der Waals surface area contributed by atoms with Crippen LogP contribution in [-0.2, 0) is 0 Å². The van der Waals surface area contributed by atoms with Gasteiger partial charge in [-0.05, 0) is 30.7 Å². The molecule has 1 aromatic heterocycles. The highest BCUT2D eigenvalue weighted by molar-refractivity contribution is 5.43. The van der Waals surface area contributed by atoms with Gasteiger partial charge >= 0.3 is 0 Å². The van der Waals surface area contributed by atoms with Crippen LogP contribution in [0.5, 0.6) is 0 Å². The zero-order valence-electron chi connectivity index (χ0n) is 15.6. The topological polar surface area (TPSA) is 44.3 Å². The van der Waals surface area contributed by atoms with Crippen molar-refractivity contribution < 1.29 is 0 Å². The van der Waals surface area contributed by atoms with E-state index in [2.05, 4.69) is 46.9 Å². The third kappa shape index (κ3) is 5.07. The quantitative estimate of drug-likeness (QED) is 0.916. The van der Waals surface area contributed by atoms with E-state index in [0.717, 1.165) is 37.9 Å². The zero-order valence-corrected chi connectivity index (χ0v) is 15.6. The van der Waals surface area contributed by atoms with Crippen molar-refractivity contribution in [2.45, 2.75) is 58.9 Å². The molecule has 2 aliphatic heterocycles. The van der Waals surface area contributed by atoms with Crippen LogP contribution in [-0.4, -0.2) is 53.6 Å². The van der Waals surface area contributed by atoms with Gasteiger partial charge in [-0.1, -0.05) is 33.6 Å². The molecule has 0 aromatic carbocycles. The zero-order chi connectivity index (χ0) is 17.0. The number of anilines is 2. The van der Waals surface area contributed by atoms with Crippen LogP contribution in [0.3, 0.4) is 0 Å². The summed E-state index contributed by atoms with van der Waals surface area (Å²) < 4.78 is 0. The maximum atomic E-state index is 4.79. The van der Waals surface area contributed by atoms with Crippen molar-refractivity contribution >= 4 is 11.8 Å². The number of rotatable bonds is 4. The molecule has 0 radical (unpaired) electrons. The lowest BCUT2D eigenvalue weighted by atomic mass is 9.96. The molecule has 2 saturated heterocycles. The summed E-state index contributed by atoms with van der Waals surface area (Å²) in [6.07, 6.45) is 8.32. The molecule has 1 N–H and O–H groups in total. The second-order valence-electron chi connectivity index (χ2n) is 8.57. The van der Waals surface area contributed by atoms with Crippen LogP contribution in [0.2, 0.25) is 0 Å². The van der Waals surface area contributed by atoms with E-state index in [1.54, 1.807) is 0 Å². The number of likely N-dealkylation sites (tertiary alicyclic amines) is 1. The summed E-state index contributed by atoms with van der Waals surface area (Å²) >= 11 is 0. The van der Waals surface area contributed by atoms with E-state index >= 15 is 0 Å². The molecule has 24 heavy (non-hydrogen) atoms. The van der Waals surface area contributed by atoms with Crippen molar-refractivity contribution in [3.8, 4) is 0 Å². The lowest BCUT2D eigenvalue weighted by Gasteiger charge is -2.26. The molecule has 5 heteroatoms. The molecule has 5 nitrogen and oxygen atoms in total. The van der Waals surface area contributed by atoms with Crippen LogP contribution >= 0.6 is 0 Å². The maximum Gasteiger partial charge on any atom is 0.224 e. The van der Waals surface area contributed by atoms with Crippen LogP contribution in [0.4, 0.5) is 11.8 Å². The third-order valence-electron chi connectivity index (χ3n) is 4.87. The van der Waals surface area contributed by atoms with E-state index in [9.17, 15) is 0 Å². The Bertz CT molecular complexity index is 517. The molecule has 2 aliphatic rings. The molecule has 134 valence electrons. The minimum absolute atomic E-state index is 0.359. The monoisotopic (exact) mass is 331 g/mol. The second-order valence-corrected chi connectivity index (χ2v) is 8.57. The van der Waals surface area contributed by atoms with Crippen LogP contribution in [0.25, 0.3) is 0 Å². The van der Waals surface area contributed by atoms with Crippen molar-refractivity contribution in [1.82, 2.24) is 14.9 Å². The first-order chi connectivity index (χ1) is 11.5. The molecule has 0 saturated carbocycles. The van der Waals surface area contributed by atoms with Gasteiger partial charge in [0.15, 0.2) is 0 Å². The molecule has 0 amide bonds. The normalized spacial score (nSPS) is 23.3. The van der Waals surface area contributed by atoms with E-state index < -0.39 is 0 Å². The average molecular weight is 332 g/mol. The first-order valence-corrected chi connectivity index (χ1v) is 9.56. The Balaban J connectivity index is 1.57. The number of hydrogen-bond donors (Lipinski definition) is 1. The molecule has 3 heterocycles. The summed E-state index contributed by atoms with van der Waals surface area (Å²) in [7, 11) is 0. The fourth-order valence-corrected chi connectivity index (χ4v) is 3.84. The standard InChI is InChI=1S/C19H33N5/c1-19(2,3)15-23-13-9-16(14-23)21-18-20-10-8-17(22-18)24-11-6-4-5-7-12-24/h8,10,16H,4-7,9,11-15H2,1-3H3,(H,20,21,22). The predicted octanol–water partition coefficient (Wildman–Crippen LogP) is 3.39. The maximum absolute atomic E-state index is 4.79. The van der Waals surface area contributed by atoms with Crippen molar-refractivity contribution in [3.63, 3.8) is 0 Å². The summed E-state index contributed by atoms with van der Waals surface area (Å²) in [6, 6.07) is 2.52. The van der Waals surface area contributed by atoms with Gasteiger partial charge in [0, 0.05) is 45.0 Å². The molecule has 0 bridgehead atoms. The smallest absolute Gasteiger partial charge is 0.224 e. The molecule has 1 atom stereocenters. The molecule has 0 aliphatic carbocycles. The SMILES string of the molecule is CC(C)(C)CN1CCC(Nc2nccc(N3CCCCCC3)n2)C1. The Hall–Kier alpha value is -1.36. The van der Waals surface area contributed by atoms with E-state index in [0.29, 0.717) is 11.5 Å². The summed E-state index contributed by atoms with van der Waals surface area (Å²) in [6.45, 7) is 12.6. The molecule has 0 spiro atoms. The molecular formula is C19H33N5. The largest absolute Gasteiger partial charge is 0.356 e. The van der Waals surface area contributed by atoms with Crippen LogP contribution in [0.15, 0.2) is 12.3 Å². The fourth-order valence-electron chi connectivity index (χ4n) is 3.84. The molecule has 1 unspecified atom stereocenters. The lowest BCUT2D eigenvalue weighted by molar-refractivity contribution is 0.226. The number of nitrogens with one attached hydrogen (secondary N) is 1. The Morgan fingerprint density at radius 1 is 1.12 bits per heavy atom. The first-order valence-electron chi connectivity index (χ1n) is 9.56. The van der Waals surface area contributed by atoms with Crippen LogP contribution < -0.4 is 10.2 Å². The van der Waals surface area contributed by atoms with Gasteiger partial charge in [-0.15, -0.1) is 0 Å².